The molecule has 0 spiro atoms. The summed E-state index contributed by atoms with van der Waals surface area (Å²) < 4.78 is 40.0. The van der Waals surface area contributed by atoms with Gasteiger partial charge < -0.3 is 19.7 Å². The summed E-state index contributed by atoms with van der Waals surface area (Å²) in [5.41, 5.74) is 2.94. The molecule has 2 amide bonds. The van der Waals surface area contributed by atoms with Crippen molar-refractivity contribution in [1.82, 2.24) is 10.2 Å². The molecule has 10 heteroatoms. The molecule has 0 aromatic heterocycles. The Labute approximate surface area is 249 Å². The third-order valence-electron chi connectivity index (χ3n) is 6.96. The second-order valence-electron chi connectivity index (χ2n) is 10.4. The molecule has 1 unspecified atom stereocenters. The molecule has 1 N–H and O–H groups in total. The van der Waals surface area contributed by atoms with Crippen LogP contribution in [0.25, 0.3) is 0 Å². The number of nitrogens with one attached hydrogen (secondary N) is 1. The molecule has 0 aliphatic carbocycles. The molecule has 3 rings (SSSR count). The monoisotopic (exact) mass is 595 g/mol. The van der Waals surface area contributed by atoms with Crippen molar-refractivity contribution in [3.05, 3.63) is 83.4 Å². The van der Waals surface area contributed by atoms with Crippen molar-refractivity contribution in [3.63, 3.8) is 0 Å². The first-order valence-electron chi connectivity index (χ1n) is 13.9. The second-order valence-corrected chi connectivity index (χ2v) is 12.3. The van der Waals surface area contributed by atoms with Crippen molar-refractivity contribution in [2.75, 3.05) is 25.1 Å². The zero-order valence-electron chi connectivity index (χ0n) is 25.4. The molecule has 0 bridgehead atoms. The lowest BCUT2D eigenvalue weighted by molar-refractivity contribution is -0.140. The summed E-state index contributed by atoms with van der Waals surface area (Å²) in [5.74, 6) is -0.0908. The number of nitrogens with zero attached hydrogens (tertiary/aromatic N) is 2. The van der Waals surface area contributed by atoms with E-state index in [2.05, 4.69) is 5.32 Å². The number of rotatable bonds is 13. The SMILES string of the molecule is CCC(C(=O)NC(C)C)N(Cc1ccccc1C)C(=O)CN(c1ccc(OC)c(OC)c1)S(=O)(=O)c1ccc(C)cc1. The standard InChI is InChI=1S/C32H41N3O6S/c1-8-28(32(37)33-22(2)3)34(20-25-12-10-9-11-24(25)5)31(36)21-35(26-15-18-29(40-6)30(19-26)41-7)42(38,39)27-16-13-23(4)14-17-27/h9-19,22,28H,8,20-21H2,1-7H3,(H,33,37). The van der Waals surface area contributed by atoms with Crippen LogP contribution in [0.3, 0.4) is 0 Å². The Hall–Kier alpha value is -4.05. The highest BCUT2D eigenvalue weighted by Gasteiger charge is 2.34. The van der Waals surface area contributed by atoms with Crippen LogP contribution in [0, 0.1) is 13.8 Å². The van der Waals surface area contributed by atoms with E-state index in [1.165, 1.54) is 37.3 Å². The van der Waals surface area contributed by atoms with E-state index in [9.17, 15) is 18.0 Å². The van der Waals surface area contributed by atoms with Gasteiger partial charge in [-0.05, 0) is 69.5 Å². The minimum absolute atomic E-state index is 0.0331. The predicted molar refractivity (Wildman–Crippen MR) is 164 cm³/mol. The molecule has 0 heterocycles. The van der Waals surface area contributed by atoms with Gasteiger partial charge in [0.25, 0.3) is 10.0 Å². The van der Waals surface area contributed by atoms with Crippen LogP contribution in [0.1, 0.15) is 43.9 Å². The number of anilines is 1. The molecule has 0 aliphatic heterocycles. The van der Waals surface area contributed by atoms with Crippen LogP contribution in [0.5, 0.6) is 11.5 Å². The van der Waals surface area contributed by atoms with Gasteiger partial charge in [0.2, 0.25) is 11.8 Å². The zero-order chi connectivity index (χ0) is 31.0. The molecule has 42 heavy (non-hydrogen) atoms. The van der Waals surface area contributed by atoms with Crippen LogP contribution in [-0.2, 0) is 26.2 Å². The highest BCUT2D eigenvalue weighted by molar-refractivity contribution is 7.92. The summed E-state index contributed by atoms with van der Waals surface area (Å²) in [5, 5.41) is 2.91. The summed E-state index contributed by atoms with van der Waals surface area (Å²) in [6.07, 6.45) is 0.344. The highest BCUT2D eigenvalue weighted by atomic mass is 32.2. The van der Waals surface area contributed by atoms with Crippen molar-refractivity contribution in [1.29, 1.82) is 0 Å². The lowest BCUT2D eigenvalue weighted by Crippen LogP contribution is -2.53. The molecular formula is C32H41N3O6S. The van der Waals surface area contributed by atoms with E-state index in [0.717, 1.165) is 21.0 Å². The molecule has 0 saturated heterocycles. The average molecular weight is 596 g/mol. The third-order valence-corrected chi connectivity index (χ3v) is 8.75. The second kappa shape index (κ2) is 14.2. The molecule has 3 aromatic rings. The van der Waals surface area contributed by atoms with Gasteiger partial charge in [0, 0.05) is 18.7 Å². The number of methoxy groups -OCH3 is 2. The Bertz CT molecular complexity index is 1490. The van der Waals surface area contributed by atoms with Gasteiger partial charge in [0.15, 0.2) is 11.5 Å². The number of carbonyl (C=O) groups is 2. The number of hydrogen-bond acceptors (Lipinski definition) is 6. The van der Waals surface area contributed by atoms with Crippen molar-refractivity contribution >= 4 is 27.5 Å². The highest BCUT2D eigenvalue weighted by Crippen LogP contribution is 2.34. The molecule has 0 aliphatic rings. The van der Waals surface area contributed by atoms with Gasteiger partial charge in [0.1, 0.15) is 12.6 Å². The van der Waals surface area contributed by atoms with Crippen LogP contribution >= 0.6 is 0 Å². The van der Waals surface area contributed by atoms with Crippen molar-refractivity contribution < 1.29 is 27.5 Å². The molecule has 9 nitrogen and oxygen atoms in total. The lowest BCUT2D eigenvalue weighted by Gasteiger charge is -2.34. The Morgan fingerprint density at radius 2 is 1.55 bits per heavy atom. The largest absolute Gasteiger partial charge is 0.493 e. The molecule has 0 saturated carbocycles. The Morgan fingerprint density at radius 3 is 2.12 bits per heavy atom. The number of sulfonamides is 1. The molecule has 0 radical (unpaired) electrons. The summed E-state index contributed by atoms with van der Waals surface area (Å²) in [7, 11) is -1.27. The molecule has 226 valence electrons. The van der Waals surface area contributed by atoms with E-state index in [4.69, 9.17) is 9.47 Å². The lowest BCUT2D eigenvalue weighted by atomic mass is 10.1. The molecule has 1 atom stereocenters. The Kier molecular flexibility index (Phi) is 11.0. The summed E-state index contributed by atoms with van der Waals surface area (Å²) in [6.45, 7) is 8.93. The number of hydrogen-bond donors (Lipinski definition) is 1. The number of amides is 2. The summed E-state index contributed by atoms with van der Waals surface area (Å²) in [6, 6.07) is 17.8. The first kappa shape index (κ1) is 32.5. The van der Waals surface area contributed by atoms with Crippen molar-refractivity contribution in [2.24, 2.45) is 0 Å². The summed E-state index contributed by atoms with van der Waals surface area (Å²) in [4.78, 5) is 29.0. The van der Waals surface area contributed by atoms with E-state index < -0.39 is 28.5 Å². The number of benzene rings is 3. The quantitative estimate of drug-likeness (QED) is 0.303. The van der Waals surface area contributed by atoms with Crippen molar-refractivity contribution in [2.45, 2.75) is 64.6 Å². The van der Waals surface area contributed by atoms with E-state index in [1.807, 2.05) is 58.9 Å². The normalized spacial score (nSPS) is 12.0. The van der Waals surface area contributed by atoms with Gasteiger partial charge in [-0.25, -0.2) is 8.42 Å². The van der Waals surface area contributed by atoms with Gasteiger partial charge in [-0.1, -0.05) is 48.9 Å². The van der Waals surface area contributed by atoms with Crippen LogP contribution in [0.2, 0.25) is 0 Å². The third kappa shape index (κ3) is 7.61. The maximum Gasteiger partial charge on any atom is 0.264 e. The number of ether oxygens (including phenoxy) is 2. The summed E-state index contributed by atoms with van der Waals surface area (Å²) >= 11 is 0. The van der Waals surface area contributed by atoms with Gasteiger partial charge in [-0.3, -0.25) is 13.9 Å². The van der Waals surface area contributed by atoms with Gasteiger partial charge >= 0.3 is 0 Å². The molecule has 3 aromatic carbocycles. The molecular weight excluding hydrogens is 554 g/mol. The van der Waals surface area contributed by atoms with Crippen LogP contribution < -0.4 is 19.1 Å². The van der Waals surface area contributed by atoms with Gasteiger partial charge in [0.05, 0.1) is 24.8 Å². The smallest absolute Gasteiger partial charge is 0.264 e. The minimum Gasteiger partial charge on any atom is -0.493 e. The molecule has 0 fully saturated rings. The van der Waals surface area contributed by atoms with E-state index in [-0.39, 0.29) is 29.1 Å². The first-order valence-corrected chi connectivity index (χ1v) is 15.3. The topological polar surface area (TPSA) is 105 Å². The zero-order valence-corrected chi connectivity index (χ0v) is 26.2. The van der Waals surface area contributed by atoms with Crippen LogP contribution in [0.15, 0.2) is 71.6 Å². The fraction of sp³-hybridized carbons (Fsp3) is 0.375. The van der Waals surface area contributed by atoms with Crippen molar-refractivity contribution in [3.8, 4) is 11.5 Å². The number of carbonyl (C=O) groups excluding carboxylic acids is 2. The average Bonchev–Trinajstić information content (AvgIpc) is 2.96. The fourth-order valence-electron chi connectivity index (χ4n) is 4.62. The van der Waals surface area contributed by atoms with E-state index in [0.29, 0.717) is 17.9 Å². The van der Waals surface area contributed by atoms with Gasteiger partial charge in [-0.2, -0.15) is 0 Å². The van der Waals surface area contributed by atoms with E-state index in [1.54, 1.807) is 24.3 Å². The van der Waals surface area contributed by atoms with Crippen LogP contribution in [-0.4, -0.2) is 58.0 Å². The Balaban J connectivity index is 2.13. The predicted octanol–water partition coefficient (Wildman–Crippen LogP) is 4.85. The minimum atomic E-state index is -4.21. The fourth-order valence-corrected chi connectivity index (χ4v) is 6.02. The van der Waals surface area contributed by atoms with Gasteiger partial charge in [-0.15, -0.1) is 0 Å². The van der Waals surface area contributed by atoms with Crippen LogP contribution in [0.4, 0.5) is 5.69 Å². The first-order chi connectivity index (χ1) is 19.9. The Morgan fingerprint density at radius 1 is 0.905 bits per heavy atom. The maximum absolute atomic E-state index is 14.2. The van der Waals surface area contributed by atoms with E-state index >= 15 is 0 Å². The number of aryl methyl sites for hydroxylation is 2. The maximum atomic E-state index is 14.2.